The van der Waals surface area contributed by atoms with E-state index in [0.29, 0.717) is 62.9 Å². The first-order chi connectivity index (χ1) is 13.0. The Labute approximate surface area is 159 Å². The van der Waals surface area contributed by atoms with Crippen LogP contribution in [0.1, 0.15) is 55.3 Å². The van der Waals surface area contributed by atoms with Crippen LogP contribution in [0.4, 0.5) is 6.01 Å². The summed E-state index contributed by atoms with van der Waals surface area (Å²) < 4.78 is 5.68. The molecule has 0 unspecified atom stereocenters. The van der Waals surface area contributed by atoms with Crippen LogP contribution in [0.5, 0.6) is 0 Å². The maximum atomic E-state index is 12.4. The summed E-state index contributed by atoms with van der Waals surface area (Å²) >= 11 is 0. The number of nitrogens with zero attached hydrogens (tertiary/aromatic N) is 4. The first-order valence-electron chi connectivity index (χ1n) is 9.49. The molecule has 2 aromatic rings. The molecule has 1 amide bonds. The largest absolute Gasteiger partial charge is 0.408 e. The summed E-state index contributed by atoms with van der Waals surface area (Å²) in [5, 5.41) is 8.15. The fourth-order valence-corrected chi connectivity index (χ4v) is 3.06. The zero-order valence-corrected chi connectivity index (χ0v) is 15.9. The van der Waals surface area contributed by atoms with Gasteiger partial charge in [-0.3, -0.25) is 9.59 Å². The monoisotopic (exact) mass is 370 g/mol. The van der Waals surface area contributed by atoms with Crippen LogP contribution in [-0.4, -0.2) is 53.0 Å². The minimum absolute atomic E-state index is 0.0885. The Bertz CT molecular complexity index is 765. The number of hydrogen-bond acceptors (Lipinski definition) is 6. The molecule has 0 saturated carbocycles. The lowest BCUT2D eigenvalue weighted by molar-refractivity contribution is -0.131. The van der Waals surface area contributed by atoms with Crippen molar-refractivity contribution in [2.45, 2.75) is 39.0 Å². The number of benzene rings is 1. The second-order valence-corrected chi connectivity index (χ2v) is 7.09. The van der Waals surface area contributed by atoms with Crippen LogP contribution in [0.2, 0.25) is 0 Å². The number of carbonyl (C=O) groups is 2. The summed E-state index contributed by atoms with van der Waals surface area (Å²) in [5.41, 5.74) is 0.707. The number of carbonyl (C=O) groups excluding carboxylic acids is 2. The highest BCUT2D eigenvalue weighted by Gasteiger charge is 2.24. The Hall–Kier alpha value is -2.70. The van der Waals surface area contributed by atoms with Crippen LogP contribution in [-0.2, 0) is 4.79 Å². The van der Waals surface area contributed by atoms with Crippen molar-refractivity contribution >= 4 is 17.7 Å². The minimum atomic E-state index is 0.0885. The smallest absolute Gasteiger partial charge is 0.318 e. The van der Waals surface area contributed by atoms with Gasteiger partial charge in [0.2, 0.25) is 11.8 Å². The summed E-state index contributed by atoms with van der Waals surface area (Å²) in [6, 6.07) is 9.74. The van der Waals surface area contributed by atoms with Crippen molar-refractivity contribution < 1.29 is 14.0 Å². The van der Waals surface area contributed by atoms with Crippen molar-refractivity contribution in [3.63, 3.8) is 0 Å². The summed E-state index contributed by atoms with van der Waals surface area (Å²) in [6.07, 6.45) is 1.38. The number of aromatic nitrogens is 2. The van der Waals surface area contributed by atoms with Gasteiger partial charge in [-0.15, -0.1) is 5.10 Å². The van der Waals surface area contributed by atoms with Crippen molar-refractivity contribution in [3.05, 3.63) is 41.8 Å². The standard InChI is InChI=1S/C20H26N4O3/c1-15(2)19-21-22-20(27-19)24-13-11-23(12-14-24)18(26)10-6-9-17(25)16-7-4-3-5-8-16/h3-5,7-8,15H,6,9-14H2,1-2H3. The van der Waals surface area contributed by atoms with E-state index < -0.39 is 0 Å². The van der Waals surface area contributed by atoms with Crippen LogP contribution < -0.4 is 4.90 Å². The SMILES string of the molecule is CC(C)c1nnc(N2CCN(C(=O)CCCC(=O)c3ccccc3)CC2)o1. The molecule has 0 atom stereocenters. The van der Waals surface area contributed by atoms with E-state index in [1.807, 2.05) is 54.0 Å². The van der Waals surface area contributed by atoms with Gasteiger partial charge in [-0.2, -0.15) is 0 Å². The molecule has 1 aromatic carbocycles. The zero-order chi connectivity index (χ0) is 19.2. The van der Waals surface area contributed by atoms with E-state index in [4.69, 9.17) is 4.42 Å². The maximum absolute atomic E-state index is 12.4. The number of rotatable bonds is 7. The molecule has 3 rings (SSSR count). The quantitative estimate of drug-likeness (QED) is 0.697. The highest BCUT2D eigenvalue weighted by Crippen LogP contribution is 2.19. The third kappa shape index (κ3) is 4.93. The van der Waals surface area contributed by atoms with Gasteiger partial charge < -0.3 is 14.2 Å². The predicted molar refractivity (Wildman–Crippen MR) is 102 cm³/mol. The Morgan fingerprint density at radius 2 is 1.74 bits per heavy atom. The second-order valence-electron chi connectivity index (χ2n) is 7.09. The Morgan fingerprint density at radius 1 is 1.04 bits per heavy atom. The third-order valence-corrected chi connectivity index (χ3v) is 4.72. The number of Topliss-reactive ketones (excluding diaryl/α,β-unsaturated/α-hetero) is 1. The van der Waals surface area contributed by atoms with Gasteiger partial charge in [-0.1, -0.05) is 49.3 Å². The summed E-state index contributed by atoms with van der Waals surface area (Å²) in [6.45, 7) is 6.63. The molecular formula is C20H26N4O3. The fraction of sp³-hybridized carbons (Fsp3) is 0.500. The van der Waals surface area contributed by atoms with Gasteiger partial charge >= 0.3 is 6.01 Å². The van der Waals surface area contributed by atoms with Crippen molar-refractivity contribution in [2.24, 2.45) is 0 Å². The van der Waals surface area contributed by atoms with E-state index in [1.54, 1.807) is 0 Å². The summed E-state index contributed by atoms with van der Waals surface area (Å²) in [5.74, 6) is 1.02. The molecule has 144 valence electrons. The number of anilines is 1. The van der Waals surface area contributed by atoms with Crippen molar-refractivity contribution in [2.75, 3.05) is 31.1 Å². The molecule has 0 spiro atoms. The van der Waals surface area contributed by atoms with Crippen molar-refractivity contribution in [3.8, 4) is 0 Å². The van der Waals surface area contributed by atoms with Gasteiger partial charge in [0, 0.05) is 50.5 Å². The molecule has 0 radical (unpaired) electrons. The topological polar surface area (TPSA) is 79.5 Å². The lowest BCUT2D eigenvalue weighted by Crippen LogP contribution is -2.48. The predicted octanol–water partition coefficient (Wildman–Crippen LogP) is 2.89. The summed E-state index contributed by atoms with van der Waals surface area (Å²) in [4.78, 5) is 28.4. The highest BCUT2D eigenvalue weighted by atomic mass is 16.4. The van der Waals surface area contributed by atoms with Gasteiger partial charge in [0.15, 0.2) is 5.78 Å². The fourth-order valence-electron chi connectivity index (χ4n) is 3.06. The van der Waals surface area contributed by atoms with Crippen LogP contribution in [0.15, 0.2) is 34.7 Å². The number of amides is 1. The molecule has 0 N–H and O–H groups in total. The molecule has 7 heteroatoms. The molecule has 0 bridgehead atoms. The molecule has 1 aliphatic rings. The third-order valence-electron chi connectivity index (χ3n) is 4.72. The lowest BCUT2D eigenvalue weighted by Gasteiger charge is -2.33. The number of hydrogen-bond donors (Lipinski definition) is 0. The molecule has 1 saturated heterocycles. The summed E-state index contributed by atoms with van der Waals surface area (Å²) in [7, 11) is 0. The van der Waals surface area contributed by atoms with Gasteiger partial charge in [-0.25, -0.2) is 0 Å². The van der Waals surface area contributed by atoms with E-state index in [9.17, 15) is 9.59 Å². The Balaban J connectivity index is 1.41. The molecule has 27 heavy (non-hydrogen) atoms. The second kappa shape index (κ2) is 8.79. The number of piperazine rings is 1. The van der Waals surface area contributed by atoms with E-state index in [1.165, 1.54) is 0 Å². The van der Waals surface area contributed by atoms with E-state index >= 15 is 0 Å². The molecular weight excluding hydrogens is 344 g/mol. The van der Waals surface area contributed by atoms with E-state index in [-0.39, 0.29) is 17.6 Å². The molecule has 1 aromatic heterocycles. The number of ketones is 1. The van der Waals surface area contributed by atoms with Crippen LogP contribution in [0.3, 0.4) is 0 Å². The Morgan fingerprint density at radius 3 is 2.37 bits per heavy atom. The minimum Gasteiger partial charge on any atom is -0.408 e. The van der Waals surface area contributed by atoms with Gasteiger partial charge in [-0.05, 0) is 6.42 Å². The lowest BCUT2D eigenvalue weighted by atomic mass is 10.1. The Kier molecular flexibility index (Phi) is 6.21. The van der Waals surface area contributed by atoms with Gasteiger partial charge in [0.05, 0.1) is 0 Å². The average Bonchev–Trinajstić information content (AvgIpc) is 3.19. The van der Waals surface area contributed by atoms with Crippen LogP contribution >= 0.6 is 0 Å². The van der Waals surface area contributed by atoms with Gasteiger partial charge in [0.25, 0.3) is 0 Å². The zero-order valence-electron chi connectivity index (χ0n) is 15.9. The molecule has 7 nitrogen and oxygen atoms in total. The normalized spacial score (nSPS) is 14.6. The van der Waals surface area contributed by atoms with Crippen LogP contribution in [0, 0.1) is 0 Å². The molecule has 0 aliphatic carbocycles. The van der Waals surface area contributed by atoms with E-state index in [0.717, 1.165) is 0 Å². The first kappa shape index (κ1) is 19.1. The van der Waals surface area contributed by atoms with Crippen molar-refractivity contribution in [1.82, 2.24) is 15.1 Å². The highest BCUT2D eigenvalue weighted by molar-refractivity contribution is 5.96. The van der Waals surface area contributed by atoms with Gasteiger partial charge in [0.1, 0.15) is 0 Å². The van der Waals surface area contributed by atoms with Crippen LogP contribution in [0.25, 0.3) is 0 Å². The average molecular weight is 370 g/mol. The molecule has 1 aliphatic heterocycles. The van der Waals surface area contributed by atoms with E-state index in [2.05, 4.69) is 10.2 Å². The molecule has 1 fully saturated rings. The first-order valence-corrected chi connectivity index (χ1v) is 9.49. The maximum Gasteiger partial charge on any atom is 0.318 e. The molecule has 2 heterocycles. The van der Waals surface area contributed by atoms with Crippen molar-refractivity contribution in [1.29, 1.82) is 0 Å².